The number of aromatic nitrogens is 1. The molecule has 1 aromatic rings. The Balaban J connectivity index is 2.42. The van der Waals surface area contributed by atoms with Crippen LogP contribution in [-0.2, 0) is 0 Å². The Labute approximate surface area is 96.4 Å². The third-order valence-corrected chi connectivity index (χ3v) is 2.95. The summed E-state index contributed by atoms with van der Waals surface area (Å²) in [6, 6.07) is 0.427. The molecule has 1 rings (SSSR count). The molecule has 0 aliphatic carbocycles. The number of nitrogens with zero attached hydrogens (tertiary/aromatic N) is 1. The molecule has 1 aromatic heterocycles. The summed E-state index contributed by atoms with van der Waals surface area (Å²) in [4.78, 5) is 4.38. The van der Waals surface area contributed by atoms with E-state index in [4.69, 9.17) is 0 Å². The molecule has 0 aliphatic rings. The zero-order chi connectivity index (χ0) is 10.9. The molecule has 0 saturated carbocycles. The summed E-state index contributed by atoms with van der Waals surface area (Å²) in [5.41, 5.74) is 3.10. The third-order valence-electron chi connectivity index (χ3n) is 2.35. The van der Waals surface area contributed by atoms with Crippen molar-refractivity contribution in [2.24, 2.45) is 0 Å². The largest absolute Gasteiger partial charge is 0.309 e. The first-order chi connectivity index (χ1) is 7.38. The Kier molecular flexibility index (Phi) is 6.28. The van der Waals surface area contributed by atoms with Gasteiger partial charge in [0.15, 0.2) is 0 Å². The molecule has 0 bridgehead atoms. The van der Waals surface area contributed by atoms with Gasteiger partial charge in [-0.05, 0) is 32.2 Å². The van der Waals surface area contributed by atoms with Gasteiger partial charge in [-0.15, -0.1) is 17.9 Å². The number of unbranched alkanes of at least 4 members (excludes halogenated alkanes) is 1. The molecule has 3 heteroatoms. The summed E-state index contributed by atoms with van der Waals surface area (Å²) < 4.78 is 0. The van der Waals surface area contributed by atoms with Crippen LogP contribution in [0.3, 0.4) is 0 Å². The molecule has 1 unspecified atom stereocenters. The first kappa shape index (κ1) is 12.4. The van der Waals surface area contributed by atoms with Crippen LogP contribution < -0.4 is 5.32 Å². The van der Waals surface area contributed by atoms with Crippen molar-refractivity contribution in [2.45, 2.75) is 38.6 Å². The molecule has 0 aliphatic heterocycles. The maximum absolute atomic E-state index is 4.38. The number of allylic oxidation sites excluding steroid dienone is 1. The Morgan fingerprint density at radius 3 is 3.13 bits per heavy atom. The molecule has 0 aromatic carbocycles. The molecule has 0 saturated heterocycles. The molecule has 0 amide bonds. The summed E-state index contributed by atoms with van der Waals surface area (Å²) in [5.74, 6) is 0. The molecular formula is C12H20N2S. The van der Waals surface area contributed by atoms with Crippen molar-refractivity contribution in [2.75, 3.05) is 6.54 Å². The van der Waals surface area contributed by atoms with Gasteiger partial charge in [0.05, 0.1) is 17.2 Å². The fraction of sp³-hybridized carbons (Fsp3) is 0.583. The van der Waals surface area contributed by atoms with Crippen molar-refractivity contribution in [3.8, 4) is 0 Å². The van der Waals surface area contributed by atoms with Crippen LogP contribution in [-0.4, -0.2) is 11.5 Å². The normalized spacial score (nSPS) is 12.6. The Morgan fingerprint density at radius 2 is 2.53 bits per heavy atom. The number of hydrogen-bond donors (Lipinski definition) is 1. The van der Waals surface area contributed by atoms with Crippen molar-refractivity contribution < 1.29 is 0 Å². The van der Waals surface area contributed by atoms with E-state index in [0.717, 1.165) is 19.4 Å². The van der Waals surface area contributed by atoms with E-state index in [1.807, 2.05) is 11.6 Å². The predicted molar refractivity (Wildman–Crippen MR) is 67.2 cm³/mol. The fourth-order valence-electron chi connectivity index (χ4n) is 1.53. The van der Waals surface area contributed by atoms with Crippen LogP contribution in [0.5, 0.6) is 0 Å². The second-order valence-electron chi connectivity index (χ2n) is 3.64. The second-order valence-corrected chi connectivity index (χ2v) is 4.36. The second kappa shape index (κ2) is 7.60. The molecule has 1 atom stereocenters. The van der Waals surface area contributed by atoms with Gasteiger partial charge in [-0.3, -0.25) is 0 Å². The van der Waals surface area contributed by atoms with Crippen molar-refractivity contribution in [1.29, 1.82) is 0 Å². The number of nitrogens with one attached hydrogen (secondary N) is 1. The number of rotatable bonds is 8. The summed E-state index contributed by atoms with van der Waals surface area (Å²) in [6.07, 6.45) is 6.58. The van der Waals surface area contributed by atoms with Crippen LogP contribution in [0.1, 0.15) is 44.3 Å². The fourth-order valence-corrected chi connectivity index (χ4v) is 2.14. The highest BCUT2D eigenvalue weighted by atomic mass is 32.1. The molecular weight excluding hydrogens is 204 g/mol. The van der Waals surface area contributed by atoms with Crippen molar-refractivity contribution in [1.82, 2.24) is 10.3 Å². The summed E-state index contributed by atoms with van der Waals surface area (Å²) in [5, 5.41) is 5.68. The minimum atomic E-state index is 0.427. The lowest BCUT2D eigenvalue weighted by atomic mass is 10.1. The molecule has 0 fully saturated rings. The predicted octanol–water partition coefficient (Wildman–Crippen LogP) is 3.54. The van der Waals surface area contributed by atoms with Crippen molar-refractivity contribution in [3.63, 3.8) is 0 Å². The van der Waals surface area contributed by atoms with E-state index < -0.39 is 0 Å². The first-order valence-corrected chi connectivity index (χ1v) is 6.55. The van der Waals surface area contributed by atoms with Crippen LogP contribution in [0.4, 0.5) is 0 Å². The quantitative estimate of drug-likeness (QED) is 0.539. The molecule has 1 heterocycles. The minimum Gasteiger partial charge on any atom is -0.309 e. The zero-order valence-corrected chi connectivity index (χ0v) is 10.2. The molecule has 84 valence electrons. The zero-order valence-electron chi connectivity index (χ0n) is 9.41. The van der Waals surface area contributed by atoms with Crippen LogP contribution in [0.15, 0.2) is 23.5 Å². The van der Waals surface area contributed by atoms with Gasteiger partial charge in [0.1, 0.15) is 0 Å². The molecule has 0 spiro atoms. The van der Waals surface area contributed by atoms with E-state index in [2.05, 4.69) is 29.2 Å². The topological polar surface area (TPSA) is 24.9 Å². The Bertz CT molecular complexity index is 257. The van der Waals surface area contributed by atoms with Crippen molar-refractivity contribution in [3.05, 3.63) is 29.2 Å². The van der Waals surface area contributed by atoms with Gasteiger partial charge >= 0.3 is 0 Å². The van der Waals surface area contributed by atoms with E-state index in [1.54, 1.807) is 11.3 Å². The first-order valence-electron chi connectivity index (χ1n) is 5.60. The van der Waals surface area contributed by atoms with E-state index >= 15 is 0 Å². The van der Waals surface area contributed by atoms with Crippen LogP contribution in [0.2, 0.25) is 0 Å². The standard InChI is InChI=1S/C12H20N2S/c1-3-5-6-7-11(13-8-4-2)12-9-15-10-14-12/h3,9-11,13H,1,4-8H2,2H3. The van der Waals surface area contributed by atoms with E-state index in [-0.39, 0.29) is 0 Å². The Morgan fingerprint density at radius 1 is 1.67 bits per heavy atom. The molecule has 2 nitrogen and oxygen atoms in total. The smallest absolute Gasteiger partial charge is 0.0795 e. The van der Waals surface area contributed by atoms with Crippen molar-refractivity contribution >= 4 is 11.3 Å². The van der Waals surface area contributed by atoms with E-state index in [0.29, 0.717) is 6.04 Å². The highest BCUT2D eigenvalue weighted by molar-refractivity contribution is 7.07. The van der Waals surface area contributed by atoms with Gasteiger partial charge in [-0.25, -0.2) is 4.98 Å². The van der Waals surface area contributed by atoms with E-state index in [9.17, 15) is 0 Å². The van der Waals surface area contributed by atoms with E-state index in [1.165, 1.54) is 18.5 Å². The van der Waals surface area contributed by atoms with Gasteiger partial charge in [0.2, 0.25) is 0 Å². The highest BCUT2D eigenvalue weighted by Gasteiger charge is 2.11. The monoisotopic (exact) mass is 224 g/mol. The highest BCUT2D eigenvalue weighted by Crippen LogP contribution is 2.19. The van der Waals surface area contributed by atoms with Crippen LogP contribution in [0, 0.1) is 0 Å². The molecule has 0 radical (unpaired) electrons. The lowest BCUT2D eigenvalue weighted by Crippen LogP contribution is -2.22. The maximum atomic E-state index is 4.38. The lowest BCUT2D eigenvalue weighted by molar-refractivity contribution is 0.478. The lowest BCUT2D eigenvalue weighted by Gasteiger charge is -2.15. The summed E-state index contributed by atoms with van der Waals surface area (Å²) >= 11 is 1.67. The average Bonchev–Trinajstić information content (AvgIpc) is 2.76. The summed E-state index contributed by atoms with van der Waals surface area (Å²) in [7, 11) is 0. The van der Waals surface area contributed by atoms with Crippen LogP contribution >= 0.6 is 11.3 Å². The third kappa shape index (κ3) is 4.58. The number of thiazole rings is 1. The molecule has 1 N–H and O–H groups in total. The summed E-state index contributed by atoms with van der Waals surface area (Å²) in [6.45, 7) is 7.00. The van der Waals surface area contributed by atoms with Crippen LogP contribution in [0.25, 0.3) is 0 Å². The maximum Gasteiger partial charge on any atom is 0.0795 e. The number of hydrogen-bond acceptors (Lipinski definition) is 3. The van der Waals surface area contributed by atoms with Gasteiger partial charge in [-0.1, -0.05) is 13.0 Å². The van der Waals surface area contributed by atoms with Gasteiger partial charge in [-0.2, -0.15) is 0 Å². The van der Waals surface area contributed by atoms with Gasteiger partial charge in [0.25, 0.3) is 0 Å². The van der Waals surface area contributed by atoms with Gasteiger partial charge < -0.3 is 5.32 Å². The SMILES string of the molecule is C=CCCCC(NCCC)c1cscn1. The molecule has 15 heavy (non-hydrogen) atoms. The average molecular weight is 224 g/mol. The minimum absolute atomic E-state index is 0.427. The Hall–Kier alpha value is -0.670. The van der Waals surface area contributed by atoms with Gasteiger partial charge in [0, 0.05) is 5.38 Å².